The van der Waals surface area contributed by atoms with E-state index in [4.69, 9.17) is 31.0 Å². The van der Waals surface area contributed by atoms with E-state index in [1.807, 2.05) is 0 Å². The fourth-order valence-corrected chi connectivity index (χ4v) is 3.19. The zero-order valence-electron chi connectivity index (χ0n) is 6.89. The topological polar surface area (TPSA) is 187 Å². The molecule has 14 heavy (non-hydrogen) atoms. The standard InChI is InChI=1S/C3H12N2O7P2/c4-1-2(5)3(6,13(7,8)9)14(10,11)12/h2,6H,1,4-5H2,(H2,7,8,9)(H2,10,11,12)/t2-/m0/s1. The summed E-state index contributed by atoms with van der Waals surface area (Å²) in [5, 5.41) is 5.59. The first kappa shape index (κ1) is 14.2. The summed E-state index contributed by atoms with van der Waals surface area (Å²) in [6.07, 6.45) is 0. The van der Waals surface area contributed by atoms with Crippen LogP contribution in [0.5, 0.6) is 0 Å². The maximum Gasteiger partial charge on any atom is 0.371 e. The molecule has 0 aliphatic rings. The monoisotopic (exact) mass is 250 g/mol. The van der Waals surface area contributed by atoms with Gasteiger partial charge in [-0.1, -0.05) is 0 Å². The van der Waals surface area contributed by atoms with Gasteiger partial charge in [-0.2, -0.15) is 0 Å². The molecule has 0 aromatic heterocycles. The second-order valence-electron chi connectivity index (χ2n) is 2.62. The van der Waals surface area contributed by atoms with Crippen molar-refractivity contribution in [2.75, 3.05) is 6.54 Å². The Kier molecular flexibility index (Phi) is 4.03. The highest BCUT2D eigenvalue weighted by Gasteiger charge is 2.62. The van der Waals surface area contributed by atoms with Gasteiger partial charge < -0.3 is 36.1 Å². The summed E-state index contributed by atoms with van der Waals surface area (Å²) in [5.41, 5.74) is 9.84. The third kappa shape index (κ3) is 2.22. The van der Waals surface area contributed by atoms with Crippen molar-refractivity contribution in [2.24, 2.45) is 11.5 Å². The molecule has 0 fully saturated rings. The van der Waals surface area contributed by atoms with E-state index in [1.165, 1.54) is 0 Å². The zero-order valence-corrected chi connectivity index (χ0v) is 8.68. The molecule has 0 amide bonds. The molecule has 0 aliphatic heterocycles. The van der Waals surface area contributed by atoms with E-state index in [9.17, 15) is 14.2 Å². The maximum atomic E-state index is 10.7. The summed E-state index contributed by atoms with van der Waals surface area (Å²) in [4.78, 5) is 34.4. The van der Waals surface area contributed by atoms with E-state index < -0.39 is 32.9 Å². The van der Waals surface area contributed by atoms with Crippen molar-refractivity contribution in [1.29, 1.82) is 0 Å². The molecule has 0 rings (SSSR count). The van der Waals surface area contributed by atoms with Crippen LogP contribution in [0, 0.1) is 0 Å². The zero-order chi connectivity index (χ0) is 11.8. The maximum absolute atomic E-state index is 10.7. The molecule has 11 heteroatoms. The molecule has 0 unspecified atom stereocenters. The van der Waals surface area contributed by atoms with Gasteiger partial charge in [0.15, 0.2) is 0 Å². The first-order chi connectivity index (χ1) is 5.98. The quantitative estimate of drug-likeness (QED) is 0.260. The van der Waals surface area contributed by atoms with Gasteiger partial charge in [-0.05, 0) is 0 Å². The minimum absolute atomic E-state index is 0.688. The lowest BCUT2D eigenvalue weighted by Gasteiger charge is -2.33. The number of nitrogens with two attached hydrogens (primary N) is 2. The molecule has 0 aromatic carbocycles. The Bertz CT molecular complexity index is 271. The summed E-state index contributed by atoms with van der Waals surface area (Å²) in [6, 6.07) is -1.93. The minimum atomic E-state index is -5.49. The Morgan fingerprint density at radius 2 is 1.43 bits per heavy atom. The van der Waals surface area contributed by atoms with Crippen molar-refractivity contribution in [3.8, 4) is 0 Å². The second kappa shape index (κ2) is 3.97. The average Bonchev–Trinajstić information content (AvgIpc) is 1.97. The molecule has 0 aromatic rings. The third-order valence-electron chi connectivity index (χ3n) is 1.61. The first-order valence-corrected chi connectivity index (χ1v) is 6.50. The van der Waals surface area contributed by atoms with Gasteiger partial charge in [0.25, 0.3) is 5.08 Å². The van der Waals surface area contributed by atoms with Gasteiger partial charge in [0.1, 0.15) is 0 Å². The average molecular weight is 250 g/mol. The summed E-state index contributed by atoms with van der Waals surface area (Å²) in [5.74, 6) is 0. The molecule has 0 spiro atoms. The Morgan fingerprint density at radius 3 is 1.50 bits per heavy atom. The molecule has 0 saturated heterocycles. The SMILES string of the molecule is NC[C@H](N)C(O)(P(=O)(O)O)P(=O)(O)O. The van der Waals surface area contributed by atoms with Crippen LogP contribution in [0.25, 0.3) is 0 Å². The fourth-order valence-electron chi connectivity index (χ4n) is 0.760. The molecule has 0 heterocycles. The molecule has 0 radical (unpaired) electrons. The van der Waals surface area contributed by atoms with Gasteiger partial charge in [-0.3, -0.25) is 9.13 Å². The van der Waals surface area contributed by atoms with E-state index in [2.05, 4.69) is 0 Å². The predicted octanol–water partition coefficient (Wildman–Crippen LogP) is -2.73. The molecule has 86 valence electrons. The van der Waals surface area contributed by atoms with Crippen LogP contribution in [0.4, 0.5) is 0 Å². The van der Waals surface area contributed by atoms with Gasteiger partial charge in [0.05, 0.1) is 6.04 Å². The van der Waals surface area contributed by atoms with Crippen molar-refractivity contribution >= 4 is 15.2 Å². The van der Waals surface area contributed by atoms with Crippen LogP contribution in [-0.4, -0.2) is 42.3 Å². The highest BCUT2D eigenvalue weighted by Crippen LogP contribution is 2.68. The number of rotatable bonds is 4. The summed E-state index contributed by atoms with van der Waals surface area (Å²) in [6.45, 7) is -0.688. The first-order valence-electron chi connectivity index (χ1n) is 3.27. The molecule has 0 saturated carbocycles. The van der Waals surface area contributed by atoms with Crippen molar-refractivity contribution in [1.82, 2.24) is 0 Å². The van der Waals surface area contributed by atoms with Crippen LogP contribution < -0.4 is 11.5 Å². The normalized spacial score (nSPS) is 16.8. The van der Waals surface area contributed by atoms with Crippen LogP contribution in [0.2, 0.25) is 0 Å². The van der Waals surface area contributed by atoms with Crippen LogP contribution in [0.15, 0.2) is 0 Å². The third-order valence-corrected chi connectivity index (χ3v) is 5.55. The number of aliphatic hydroxyl groups is 1. The predicted molar refractivity (Wildman–Crippen MR) is 46.1 cm³/mol. The van der Waals surface area contributed by atoms with E-state index in [1.54, 1.807) is 0 Å². The lowest BCUT2D eigenvalue weighted by atomic mass is 10.3. The lowest BCUT2D eigenvalue weighted by Crippen LogP contribution is -2.51. The van der Waals surface area contributed by atoms with Crippen molar-refractivity contribution in [3.63, 3.8) is 0 Å². The van der Waals surface area contributed by atoms with Crippen molar-refractivity contribution in [2.45, 2.75) is 11.1 Å². The van der Waals surface area contributed by atoms with Crippen molar-refractivity contribution in [3.05, 3.63) is 0 Å². The Labute approximate surface area is 79.0 Å². The van der Waals surface area contributed by atoms with Crippen LogP contribution in [0.1, 0.15) is 0 Å². The highest BCUT2D eigenvalue weighted by molar-refractivity contribution is 7.72. The number of hydrogen-bond donors (Lipinski definition) is 7. The molecule has 9 N–H and O–H groups in total. The van der Waals surface area contributed by atoms with E-state index >= 15 is 0 Å². The largest absolute Gasteiger partial charge is 0.371 e. The molecular formula is C3H12N2O7P2. The lowest BCUT2D eigenvalue weighted by molar-refractivity contribution is 0.110. The Balaban J connectivity index is 5.53. The smallest absolute Gasteiger partial charge is 0.366 e. The van der Waals surface area contributed by atoms with Gasteiger partial charge in [0, 0.05) is 6.54 Å². The molecule has 1 atom stereocenters. The summed E-state index contributed by atoms with van der Waals surface area (Å²) < 4.78 is 21.4. The Hall–Kier alpha value is 0.180. The van der Waals surface area contributed by atoms with E-state index in [0.29, 0.717) is 0 Å². The van der Waals surface area contributed by atoms with Crippen LogP contribution >= 0.6 is 15.2 Å². The van der Waals surface area contributed by atoms with E-state index in [0.717, 1.165) is 0 Å². The fraction of sp³-hybridized carbons (Fsp3) is 1.00. The van der Waals surface area contributed by atoms with E-state index in [-0.39, 0.29) is 0 Å². The second-order valence-corrected chi connectivity index (χ2v) is 6.51. The minimum Gasteiger partial charge on any atom is -0.366 e. The number of hydrogen-bond acceptors (Lipinski definition) is 5. The van der Waals surface area contributed by atoms with Crippen LogP contribution in [-0.2, 0) is 9.13 Å². The van der Waals surface area contributed by atoms with Crippen molar-refractivity contribution < 1.29 is 33.8 Å². The van der Waals surface area contributed by atoms with Crippen LogP contribution in [0.3, 0.4) is 0 Å². The molecule has 0 aliphatic carbocycles. The summed E-state index contributed by atoms with van der Waals surface area (Å²) >= 11 is 0. The summed E-state index contributed by atoms with van der Waals surface area (Å²) in [7, 11) is -11.0. The molecule has 0 bridgehead atoms. The molecular weight excluding hydrogens is 238 g/mol. The highest BCUT2D eigenvalue weighted by atomic mass is 31.2. The van der Waals surface area contributed by atoms with Gasteiger partial charge in [-0.15, -0.1) is 0 Å². The van der Waals surface area contributed by atoms with Gasteiger partial charge >= 0.3 is 15.2 Å². The van der Waals surface area contributed by atoms with Gasteiger partial charge in [-0.25, -0.2) is 0 Å². The van der Waals surface area contributed by atoms with Gasteiger partial charge in [0.2, 0.25) is 0 Å². The Morgan fingerprint density at radius 1 is 1.14 bits per heavy atom. The molecule has 9 nitrogen and oxygen atoms in total.